The number of hydrogen-bond donors (Lipinski definition) is 2. The maximum Gasteiger partial charge on any atom is 0.407 e. The van der Waals surface area contributed by atoms with Gasteiger partial charge >= 0.3 is 6.09 Å². The molecule has 3 aliphatic rings. The fraction of sp³-hybridized carbons (Fsp3) is 0.606. The largest absolute Gasteiger partial charge is 0.497 e. The summed E-state index contributed by atoms with van der Waals surface area (Å²) < 4.78 is 51.9. The highest BCUT2D eigenvalue weighted by molar-refractivity contribution is 7.89. The monoisotopic (exact) mass is 630 g/mol. The SMILES string of the molecule is COc1ccc(S(=O)(=O)N(CC(C)C)CC(O)C(Cc2ccccc2)NC(=O)OC2CC3C4CCCOC4OC3C2C)cc1. The van der Waals surface area contributed by atoms with E-state index in [-0.39, 0.29) is 54.2 Å². The molecule has 3 fully saturated rings. The van der Waals surface area contributed by atoms with E-state index >= 15 is 0 Å². The molecule has 5 rings (SSSR count). The molecule has 2 saturated heterocycles. The number of nitrogens with one attached hydrogen (secondary N) is 1. The molecule has 44 heavy (non-hydrogen) atoms. The molecule has 1 aliphatic carbocycles. The Labute approximate surface area is 261 Å². The van der Waals surface area contributed by atoms with E-state index in [9.17, 15) is 18.3 Å². The summed E-state index contributed by atoms with van der Waals surface area (Å²) in [5.74, 6) is 1.16. The summed E-state index contributed by atoms with van der Waals surface area (Å²) in [7, 11) is -2.43. The molecule has 2 aromatic rings. The molecule has 1 saturated carbocycles. The van der Waals surface area contributed by atoms with E-state index in [1.165, 1.54) is 23.5 Å². The Bertz CT molecular complexity index is 1340. The van der Waals surface area contributed by atoms with Crippen LogP contribution in [0.5, 0.6) is 5.75 Å². The Balaban J connectivity index is 1.29. The van der Waals surface area contributed by atoms with Crippen molar-refractivity contribution in [2.45, 2.75) is 82.0 Å². The van der Waals surface area contributed by atoms with E-state index < -0.39 is 28.3 Å². The van der Waals surface area contributed by atoms with Crippen molar-refractivity contribution in [3.8, 4) is 5.75 Å². The highest BCUT2D eigenvalue weighted by atomic mass is 32.2. The van der Waals surface area contributed by atoms with Crippen LogP contribution in [0, 0.1) is 23.7 Å². The molecule has 2 aromatic carbocycles. The highest BCUT2D eigenvalue weighted by Crippen LogP contribution is 2.50. The van der Waals surface area contributed by atoms with Gasteiger partial charge in [-0.1, -0.05) is 51.1 Å². The molecule has 0 bridgehead atoms. The van der Waals surface area contributed by atoms with Gasteiger partial charge in [-0.3, -0.25) is 0 Å². The zero-order valence-electron chi connectivity index (χ0n) is 26.0. The van der Waals surface area contributed by atoms with Crippen LogP contribution in [0.25, 0.3) is 0 Å². The first kappa shape index (κ1) is 32.7. The molecule has 8 atom stereocenters. The molecule has 10 nitrogen and oxygen atoms in total. The zero-order valence-corrected chi connectivity index (χ0v) is 26.8. The molecular weight excluding hydrogens is 584 g/mol. The molecule has 0 aromatic heterocycles. The lowest BCUT2D eigenvalue weighted by Gasteiger charge is -2.31. The summed E-state index contributed by atoms with van der Waals surface area (Å²) in [4.78, 5) is 13.4. The standard InChI is InChI=1S/C33H46N2O8S/c1-21(2)19-35(44(38,39)25-14-12-24(40-4)13-15-25)20-29(36)28(17-23-9-6-5-7-10-23)34-33(37)42-30-18-27-26-11-8-16-41-32(26)43-31(27)22(30)3/h5-7,9-10,12-15,21-22,26-32,36H,8,11,16-20H2,1-4H3,(H,34,37). The third-order valence-corrected chi connectivity index (χ3v) is 11.0. The number of methoxy groups -OCH3 is 1. The normalized spacial score (nSPS) is 27.9. The summed E-state index contributed by atoms with van der Waals surface area (Å²) in [5.41, 5.74) is 0.894. The van der Waals surface area contributed by atoms with Gasteiger partial charge in [-0.05, 0) is 67.3 Å². The molecular formula is C33H46N2O8S. The average Bonchev–Trinajstić information content (AvgIpc) is 3.52. The number of carbonyl (C=O) groups excluding carboxylic acids is 1. The number of aliphatic hydroxyl groups excluding tert-OH is 1. The average molecular weight is 631 g/mol. The second-order valence-corrected chi connectivity index (χ2v) is 14.7. The Hall–Kier alpha value is -2.70. The van der Waals surface area contributed by atoms with E-state index in [1.54, 1.807) is 12.1 Å². The van der Waals surface area contributed by atoms with E-state index in [0.29, 0.717) is 24.5 Å². The number of sulfonamides is 1. The molecule has 242 valence electrons. The summed E-state index contributed by atoms with van der Waals surface area (Å²) >= 11 is 0. The smallest absolute Gasteiger partial charge is 0.407 e. The van der Waals surface area contributed by atoms with Crippen molar-refractivity contribution in [2.75, 3.05) is 26.8 Å². The molecule has 2 N–H and O–H groups in total. The summed E-state index contributed by atoms with van der Waals surface area (Å²) in [5, 5.41) is 14.4. The lowest BCUT2D eigenvalue weighted by atomic mass is 9.86. The van der Waals surface area contributed by atoms with Gasteiger partial charge in [-0.25, -0.2) is 13.2 Å². The van der Waals surface area contributed by atoms with Gasteiger partial charge in [-0.2, -0.15) is 4.31 Å². The summed E-state index contributed by atoms with van der Waals surface area (Å²) in [6.45, 7) is 6.60. The van der Waals surface area contributed by atoms with Crippen LogP contribution in [-0.4, -0.2) is 81.4 Å². The predicted octanol–water partition coefficient (Wildman–Crippen LogP) is 4.22. The van der Waals surface area contributed by atoms with Crippen molar-refractivity contribution in [1.29, 1.82) is 0 Å². The predicted molar refractivity (Wildman–Crippen MR) is 165 cm³/mol. The molecule has 0 radical (unpaired) electrons. The molecule has 11 heteroatoms. The number of fused-ring (bicyclic) bond motifs is 3. The fourth-order valence-electron chi connectivity index (χ4n) is 6.89. The topological polar surface area (TPSA) is 124 Å². The Kier molecular flexibility index (Phi) is 10.5. The zero-order chi connectivity index (χ0) is 31.4. The Morgan fingerprint density at radius 2 is 1.82 bits per heavy atom. The van der Waals surface area contributed by atoms with E-state index in [0.717, 1.165) is 25.0 Å². The number of rotatable bonds is 12. The van der Waals surface area contributed by atoms with Gasteiger partial charge in [-0.15, -0.1) is 0 Å². The molecule has 8 unspecified atom stereocenters. The maximum absolute atomic E-state index is 13.7. The van der Waals surface area contributed by atoms with Gasteiger partial charge in [0.1, 0.15) is 11.9 Å². The Morgan fingerprint density at radius 3 is 2.50 bits per heavy atom. The minimum absolute atomic E-state index is 0.000378. The van der Waals surface area contributed by atoms with E-state index in [1.807, 2.05) is 51.1 Å². The number of carbonyl (C=O) groups is 1. The van der Waals surface area contributed by atoms with Crippen LogP contribution < -0.4 is 10.1 Å². The lowest BCUT2D eigenvalue weighted by molar-refractivity contribution is -0.177. The van der Waals surface area contributed by atoms with E-state index in [2.05, 4.69) is 5.32 Å². The van der Waals surface area contributed by atoms with Crippen molar-refractivity contribution in [2.24, 2.45) is 23.7 Å². The quantitative estimate of drug-likeness (QED) is 0.358. The number of hydrogen-bond acceptors (Lipinski definition) is 8. The van der Waals surface area contributed by atoms with Crippen LogP contribution in [0.2, 0.25) is 0 Å². The van der Waals surface area contributed by atoms with Crippen LogP contribution in [0.3, 0.4) is 0 Å². The number of alkyl carbamates (subject to hydrolysis) is 1. The molecule has 1 amide bonds. The van der Waals surface area contributed by atoms with Gasteiger partial charge in [0, 0.05) is 31.5 Å². The van der Waals surface area contributed by atoms with Gasteiger partial charge in [0.25, 0.3) is 0 Å². The highest BCUT2D eigenvalue weighted by Gasteiger charge is 2.55. The van der Waals surface area contributed by atoms with Crippen molar-refractivity contribution >= 4 is 16.1 Å². The third kappa shape index (κ3) is 7.39. The number of nitrogens with zero attached hydrogens (tertiary/aromatic N) is 1. The number of aliphatic hydroxyl groups is 1. The summed E-state index contributed by atoms with van der Waals surface area (Å²) in [6, 6.07) is 14.9. The van der Waals surface area contributed by atoms with Crippen molar-refractivity contribution < 1.29 is 37.3 Å². The second kappa shape index (κ2) is 14.2. The minimum atomic E-state index is -3.95. The number of amides is 1. The van der Waals surface area contributed by atoms with Crippen LogP contribution in [0.1, 0.15) is 45.6 Å². The lowest BCUT2D eigenvalue weighted by Crippen LogP contribution is -2.51. The van der Waals surface area contributed by atoms with Gasteiger partial charge in [0.2, 0.25) is 10.0 Å². The summed E-state index contributed by atoms with van der Waals surface area (Å²) in [6.07, 6.45) is 0.719. The first-order chi connectivity index (χ1) is 21.1. The number of ether oxygens (including phenoxy) is 4. The minimum Gasteiger partial charge on any atom is -0.497 e. The first-order valence-corrected chi connectivity index (χ1v) is 17.1. The van der Waals surface area contributed by atoms with Gasteiger partial charge < -0.3 is 29.4 Å². The first-order valence-electron chi connectivity index (χ1n) is 15.7. The van der Waals surface area contributed by atoms with Crippen LogP contribution in [0.15, 0.2) is 59.5 Å². The fourth-order valence-corrected chi connectivity index (χ4v) is 8.51. The van der Waals surface area contributed by atoms with Gasteiger partial charge in [0.05, 0.1) is 30.3 Å². The maximum atomic E-state index is 13.7. The second-order valence-electron chi connectivity index (χ2n) is 12.7. The van der Waals surface area contributed by atoms with Crippen molar-refractivity contribution in [3.63, 3.8) is 0 Å². The van der Waals surface area contributed by atoms with Crippen LogP contribution >= 0.6 is 0 Å². The van der Waals surface area contributed by atoms with Crippen LogP contribution in [0.4, 0.5) is 4.79 Å². The molecule has 0 spiro atoms. The van der Waals surface area contributed by atoms with Gasteiger partial charge in [0.15, 0.2) is 6.29 Å². The molecule has 2 aliphatic heterocycles. The van der Waals surface area contributed by atoms with Crippen molar-refractivity contribution in [3.05, 3.63) is 60.2 Å². The third-order valence-electron chi connectivity index (χ3n) is 9.17. The Morgan fingerprint density at radius 1 is 1.09 bits per heavy atom. The van der Waals surface area contributed by atoms with Crippen molar-refractivity contribution in [1.82, 2.24) is 9.62 Å². The number of benzene rings is 2. The van der Waals surface area contributed by atoms with Crippen LogP contribution in [-0.2, 0) is 30.7 Å². The molecule has 2 heterocycles. The van der Waals surface area contributed by atoms with E-state index in [4.69, 9.17) is 18.9 Å².